The molecule has 5 heteroatoms. The van der Waals surface area contributed by atoms with E-state index in [1.165, 1.54) is 16.7 Å². The van der Waals surface area contributed by atoms with E-state index >= 15 is 0 Å². The summed E-state index contributed by atoms with van der Waals surface area (Å²) in [6, 6.07) is 12.7. The van der Waals surface area contributed by atoms with Crippen LogP contribution in [0.4, 0.5) is 0 Å². The first-order valence-electron chi connectivity index (χ1n) is 9.56. The molecule has 1 heterocycles. The Kier molecular flexibility index (Phi) is 6.58. The number of nitrogens with zero attached hydrogens (tertiary/aromatic N) is 1. The van der Waals surface area contributed by atoms with Gasteiger partial charge in [0.1, 0.15) is 12.4 Å². The van der Waals surface area contributed by atoms with E-state index in [0.29, 0.717) is 13.2 Å². The second-order valence-corrected chi connectivity index (χ2v) is 6.99. The molecule has 2 aromatic carbocycles. The molecule has 1 aliphatic heterocycles. The molecule has 27 heavy (non-hydrogen) atoms. The Bertz CT molecular complexity index is 761. The number of hydrogen-bond donors (Lipinski definition) is 1. The van der Waals surface area contributed by atoms with Crippen molar-refractivity contribution in [1.29, 1.82) is 0 Å². The number of fused-ring (bicyclic) bond motifs is 1. The van der Waals surface area contributed by atoms with Crippen molar-refractivity contribution in [3.8, 4) is 17.2 Å². The lowest BCUT2D eigenvalue weighted by molar-refractivity contribution is 0.250. The van der Waals surface area contributed by atoms with Crippen molar-refractivity contribution in [3.05, 3.63) is 53.1 Å². The predicted octanol–water partition coefficient (Wildman–Crippen LogP) is 3.27. The maximum absolute atomic E-state index is 5.89. The molecule has 146 valence electrons. The van der Waals surface area contributed by atoms with Gasteiger partial charge < -0.3 is 24.4 Å². The normalized spacial score (nSPS) is 16.1. The fraction of sp³-hybridized carbons (Fsp3) is 0.455. The van der Waals surface area contributed by atoms with Crippen LogP contribution in [0.2, 0.25) is 0 Å². The Morgan fingerprint density at radius 1 is 1.07 bits per heavy atom. The average molecular weight is 370 g/mol. The third kappa shape index (κ3) is 4.73. The van der Waals surface area contributed by atoms with Crippen LogP contribution < -0.4 is 19.5 Å². The van der Waals surface area contributed by atoms with E-state index in [4.69, 9.17) is 14.2 Å². The first kappa shape index (κ1) is 19.5. The highest BCUT2D eigenvalue weighted by atomic mass is 16.5. The van der Waals surface area contributed by atoms with E-state index < -0.39 is 0 Å². The van der Waals surface area contributed by atoms with E-state index in [1.807, 2.05) is 27.1 Å². The summed E-state index contributed by atoms with van der Waals surface area (Å²) < 4.78 is 17.1. The monoisotopic (exact) mass is 370 g/mol. The Balaban J connectivity index is 1.83. The lowest BCUT2D eigenvalue weighted by Crippen LogP contribution is -2.30. The summed E-state index contributed by atoms with van der Waals surface area (Å²) in [5.74, 6) is 2.50. The minimum atomic E-state index is 0.147. The topological polar surface area (TPSA) is 43.0 Å². The van der Waals surface area contributed by atoms with Crippen LogP contribution in [-0.4, -0.2) is 52.4 Å². The van der Waals surface area contributed by atoms with Crippen molar-refractivity contribution in [3.63, 3.8) is 0 Å². The molecule has 0 bridgehead atoms. The van der Waals surface area contributed by atoms with Gasteiger partial charge in [-0.15, -0.1) is 0 Å². The van der Waals surface area contributed by atoms with Crippen molar-refractivity contribution in [2.75, 3.05) is 47.5 Å². The van der Waals surface area contributed by atoms with E-state index in [2.05, 4.69) is 40.5 Å². The minimum Gasteiger partial charge on any atom is -0.494 e. The Morgan fingerprint density at radius 2 is 1.93 bits per heavy atom. The largest absolute Gasteiger partial charge is 0.494 e. The van der Waals surface area contributed by atoms with Crippen LogP contribution >= 0.6 is 0 Å². The van der Waals surface area contributed by atoms with E-state index in [1.54, 1.807) is 7.11 Å². The van der Waals surface area contributed by atoms with Crippen molar-refractivity contribution in [2.24, 2.45) is 0 Å². The number of likely N-dealkylation sites (N-methyl/N-ethyl adjacent to an activating group) is 1. The molecule has 2 aromatic rings. The van der Waals surface area contributed by atoms with Gasteiger partial charge in [-0.3, -0.25) is 0 Å². The maximum atomic E-state index is 5.89. The number of hydrogen-bond acceptors (Lipinski definition) is 5. The average Bonchev–Trinajstić information content (AvgIpc) is 2.67. The standard InChI is InChI=1S/C22H30N2O3/c1-5-26-18-7-8-19-16(14-18)10-11-23-22(19)17-6-9-20(21(15-17)25-4)27-13-12-24(2)3/h6-9,14-15,22-23H,5,10-13H2,1-4H3. The smallest absolute Gasteiger partial charge is 0.161 e. The molecule has 1 aliphatic rings. The molecule has 1 atom stereocenters. The molecule has 0 radical (unpaired) electrons. The number of rotatable bonds is 8. The molecule has 0 fully saturated rings. The molecule has 0 saturated carbocycles. The van der Waals surface area contributed by atoms with Gasteiger partial charge in [0.2, 0.25) is 0 Å². The lowest BCUT2D eigenvalue weighted by Gasteiger charge is -2.28. The quantitative estimate of drug-likeness (QED) is 0.773. The zero-order valence-electron chi connectivity index (χ0n) is 16.7. The zero-order chi connectivity index (χ0) is 19.2. The van der Waals surface area contributed by atoms with Crippen LogP contribution in [-0.2, 0) is 6.42 Å². The molecule has 1 N–H and O–H groups in total. The first-order chi connectivity index (χ1) is 13.1. The molecule has 0 aromatic heterocycles. The highest BCUT2D eigenvalue weighted by Crippen LogP contribution is 2.35. The van der Waals surface area contributed by atoms with Crippen LogP contribution in [0.5, 0.6) is 17.2 Å². The van der Waals surface area contributed by atoms with Gasteiger partial charge in [-0.1, -0.05) is 12.1 Å². The van der Waals surface area contributed by atoms with E-state index in [9.17, 15) is 0 Å². The van der Waals surface area contributed by atoms with Gasteiger partial charge in [0, 0.05) is 13.1 Å². The molecular formula is C22H30N2O3. The van der Waals surface area contributed by atoms with Crippen molar-refractivity contribution in [1.82, 2.24) is 10.2 Å². The summed E-state index contributed by atoms with van der Waals surface area (Å²) in [5.41, 5.74) is 3.82. The van der Waals surface area contributed by atoms with Crippen LogP contribution in [0.25, 0.3) is 0 Å². The van der Waals surface area contributed by atoms with Crippen LogP contribution in [0, 0.1) is 0 Å². The highest BCUT2D eigenvalue weighted by Gasteiger charge is 2.23. The first-order valence-corrected chi connectivity index (χ1v) is 9.56. The second kappa shape index (κ2) is 9.11. The van der Waals surface area contributed by atoms with Crippen LogP contribution in [0.1, 0.15) is 29.7 Å². The fourth-order valence-electron chi connectivity index (χ4n) is 3.42. The van der Waals surface area contributed by atoms with Gasteiger partial charge in [-0.2, -0.15) is 0 Å². The number of benzene rings is 2. The second-order valence-electron chi connectivity index (χ2n) is 6.99. The summed E-state index contributed by atoms with van der Waals surface area (Å²) in [4.78, 5) is 2.10. The van der Waals surface area contributed by atoms with Gasteiger partial charge >= 0.3 is 0 Å². The van der Waals surface area contributed by atoms with E-state index in [-0.39, 0.29) is 6.04 Å². The predicted molar refractivity (Wildman–Crippen MR) is 108 cm³/mol. The summed E-state index contributed by atoms with van der Waals surface area (Å²) in [6.07, 6.45) is 1.01. The SMILES string of the molecule is CCOc1ccc2c(c1)CCNC2c1ccc(OCCN(C)C)c(OC)c1. The number of nitrogens with one attached hydrogen (secondary N) is 1. The van der Waals surface area contributed by atoms with E-state index in [0.717, 1.165) is 36.8 Å². The Morgan fingerprint density at radius 3 is 2.67 bits per heavy atom. The molecule has 0 saturated heterocycles. The maximum Gasteiger partial charge on any atom is 0.161 e. The van der Waals surface area contributed by atoms with Crippen LogP contribution in [0.3, 0.4) is 0 Å². The fourth-order valence-corrected chi connectivity index (χ4v) is 3.42. The van der Waals surface area contributed by atoms with Gasteiger partial charge in [-0.25, -0.2) is 0 Å². The highest BCUT2D eigenvalue weighted by molar-refractivity contribution is 5.49. The minimum absolute atomic E-state index is 0.147. The number of ether oxygens (including phenoxy) is 3. The van der Waals surface area contributed by atoms with Gasteiger partial charge in [-0.05, 0) is 68.4 Å². The lowest BCUT2D eigenvalue weighted by atomic mass is 9.89. The number of methoxy groups -OCH3 is 1. The van der Waals surface area contributed by atoms with Crippen molar-refractivity contribution in [2.45, 2.75) is 19.4 Å². The molecule has 3 rings (SSSR count). The van der Waals surface area contributed by atoms with Crippen molar-refractivity contribution >= 4 is 0 Å². The molecule has 0 aliphatic carbocycles. The molecule has 0 amide bonds. The molecular weight excluding hydrogens is 340 g/mol. The Hall–Kier alpha value is -2.24. The molecule has 1 unspecified atom stereocenters. The molecule has 0 spiro atoms. The third-order valence-corrected chi connectivity index (χ3v) is 4.80. The zero-order valence-corrected chi connectivity index (χ0v) is 16.7. The van der Waals surface area contributed by atoms with Crippen molar-refractivity contribution < 1.29 is 14.2 Å². The van der Waals surface area contributed by atoms with Gasteiger partial charge in [0.15, 0.2) is 11.5 Å². The molecule has 5 nitrogen and oxygen atoms in total. The Labute approximate surface area is 162 Å². The summed E-state index contributed by atoms with van der Waals surface area (Å²) in [7, 11) is 5.76. The summed E-state index contributed by atoms with van der Waals surface area (Å²) in [6.45, 7) is 5.14. The summed E-state index contributed by atoms with van der Waals surface area (Å²) in [5, 5.41) is 3.63. The van der Waals surface area contributed by atoms with Gasteiger partial charge in [0.05, 0.1) is 19.8 Å². The van der Waals surface area contributed by atoms with Gasteiger partial charge in [0.25, 0.3) is 0 Å². The third-order valence-electron chi connectivity index (χ3n) is 4.80. The van der Waals surface area contributed by atoms with Crippen LogP contribution in [0.15, 0.2) is 36.4 Å². The summed E-state index contributed by atoms with van der Waals surface area (Å²) >= 11 is 0.